The molecular weight excluding hydrogens is 252 g/mol. The highest BCUT2D eigenvalue weighted by Gasteiger charge is 2.34. The quantitative estimate of drug-likeness (QED) is 0.676. The zero-order valence-corrected chi connectivity index (χ0v) is 12.9. The molecule has 2 aliphatic heterocycles. The number of amidine groups is 1. The van der Waals surface area contributed by atoms with E-state index in [-0.39, 0.29) is 5.50 Å². The minimum atomic E-state index is 0.272. The third-order valence-electron chi connectivity index (χ3n) is 3.19. The first kappa shape index (κ1) is 13.5. The largest absolute Gasteiger partial charge is 0.343 e. The average Bonchev–Trinajstić information content (AvgIpc) is 2.65. The van der Waals surface area contributed by atoms with Crippen LogP contribution in [0.1, 0.15) is 13.8 Å². The topological polar surface area (TPSA) is 22.1 Å². The van der Waals surface area contributed by atoms with E-state index in [0.717, 1.165) is 13.1 Å². The summed E-state index contributed by atoms with van der Waals surface area (Å²) in [7, 11) is 10.0. The van der Waals surface area contributed by atoms with E-state index in [1.54, 1.807) is 0 Å². The highest BCUT2D eigenvalue weighted by atomic mass is 33.1. The van der Waals surface area contributed by atoms with Crippen LogP contribution in [0.3, 0.4) is 0 Å². The first-order valence-electron chi connectivity index (χ1n) is 6.03. The summed E-state index contributed by atoms with van der Waals surface area (Å²) < 4.78 is 0. The van der Waals surface area contributed by atoms with E-state index < -0.39 is 0 Å². The van der Waals surface area contributed by atoms with E-state index in [2.05, 4.69) is 49.7 Å². The number of rotatable bonds is 1. The molecular formula is C11H22N4S2. The zero-order valence-electron chi connectivity index (χ0n) is 11.3. The Balaban J connectivity index is 2.09. The van der Waals surface area contributed by atoms with Gasteiger partial charge in [-0.15, -0.1) is 0 Å². The lowest BCUT2D eigenvalue weighted by molar-refractivity contribution is 0.115. The first-order chi connectivity index (χ1) is 7.99. The van der Waals surface area contributed by atoms with Gasteiger partial charge in [-0.2, -0.15) is 0 Å². The van der Waals surface area contributed by atoms with Gasteiger partial charge in [-0.25, -0.2) is 4.99 Å². The number of hydrogen-bond acceptors (Lipinski definition) is 6. The van der Waals surface area contributed by atoms with E-state index >= 15 is 0 Å². The SMILES string of the molecule is CC1CN(C)CC(C)N1C1=NC(N(C)C)SS1. The van der Waals surface area contributed by atoms with Gasteiger partial charge in [0, 0.05) is 25.2 Å². The Morgan fingerprint density at radius 2 is 1.82 bits per heavy atom. The zero-order chi connectivity index (χ0) is 12.6. The highest BCUT2D eigenvalue weighted by molar-refractivity contribution is 8.82. The molecule has 0 aromatic carbocycles. The number of aliphatic imine (C=N–C) groups is 1. The minimum absolute atomic E-state index is 0.272. The Morgan fingerprint density at radius 1 is 1.24 bits per heavy atom. The third kappa shape index (κ3) is 2.92. The Labute approximate surface area is 112 Å². The van der Waals surface area contributed by atoms with Crippen molar-refractivity contribution in [2.75, 3.05) is 34.2 Å². The van der Waals surface area contributed by atoms with Gasteiger partial charge in [0.25, 0.3) is 0 Å². The van der Waals surface area contributed by atoms with Crippen molar-refractivity contribution in [3.05, 3.63) is 0 Å². The molecule has 6 heteroatoms. The second-order valence-electron chi connectivity index (χ2n) is 5.21. The van der Waals surface area contributed by atoms with Gasteiger partial charge in [0.2, 0.25) is 0 Å². The van der Waals surface area contributed by atoms with E-state index in [4.69, 9.17) is 4.99 Å². The van der Waals surface area contributed by atoms with E-state index in [1.807, 2.05) is 21.6 Å². The molecule has 0 amide bonds. The number of hydrogen-bond donors (Lipinski definition) is 0. The smallest absolute Gasteiger partial charge is 0.173 e. The molecule has 3 atom stereocenters. The van der Waals surface area contributed by atoms with Crippen molar-refractivity contribution in [1.82, 2.24) is 14.7 Å². The molecule has 98 valence electrons. The molecule has 0 aromatic rings. The van der Waals surface area contributed by atoms with Gasteiger partial charge in [0.1, 0.15) is 0 Å². The monoisotopic (exact) mass is 274 g/mol. The molecule has 0 aliphatic carbocycles. The second-order valence-corrected chi connectivity index (χ2v) is 7.43. The van der Waals surface area contributed by atoms with Crippen LogP contribution in [0, 0.1) is 0 Å². The van der Waals surface area contributed by atoms with Gasteiger partial charge in [-0.1, -0.05) is 0 Å². The van der Waals surface area contributed by atoms with Gasteiger partial charge < -0.3 is 9.80 Å². The maximum Gasteiger partial charge on any atom is 0.173 e. The van der Waals surface area contributed by atoms with Crippen LogP contribution in [0.2, 0.25) is 0 Å². The van der Waals surface area contributed by atoms with Crippen LogP contribution < -0.4 is 0 Å². The highest BCUT2D eigenvalue weighted by Crippen LogP contribution is 2.39. The molecule has 0 radical (unpaired) electrons. The molecule has 2 heterocycles. The summed E-state index contributed by atoms with van der Waals surface area (Å²) in [4.78, 5) is 11.9. The Kier molecular flexibility index (Phi) is 4.28. The maximum absolute atomic E-state index is 4.81. The molecule has 2 aliphatic rings. The standard InChI is InChI=1S/C11H22N4S2/c1-8-6-14(5)7-9(2)15(8)11-12-10(13(3)4)16-17-11/h8-10H,6-7H2,1-5H3. The molecule has 0 spiro atoms. The molecule has 1 fully saturated rings. The Bertz CT molecular complexity index is 296. The average molecular weight is 274 g/mol. The van der Waals surface area contributed by atoms with E-state index in [0.29, 0.717) is 12.1 Å². The summed E-state index contributed by atoms with van der Waals surface area (Å²) >= 11 is 0. The normalized spacial score (nSPS) is 35.5. The summed E-state index contributed by atoms with van der Waals surface area (Å²) in [6, 6.07) is 1.10. The lowest BCUT2D eigenvalue weighted by Crippen LogP contribution is -2.56. The van der Waals surface area contributed by atoms with Crippen LogP contribution in [0.15, 0.2) is 4.99 Å². The fourth-order valence-corrected chi connectivity index (χ4v) is 5.19. The summed E-state index contributed by atoms with van der Waals surface area (Å²) in [5.41, 5.74) is 0.272. The van der Waals surface area contributed by atoms with Crippen LogP contribution in [0.5, 0.6) is 0 Å². The molecule has 0 N–H and O–H groups in total. The van der Waals surface area contributed by atoms with E-state index in [1.165, 1.54) is 5.17 Å². The van der Waals surface area contributed by atoms with Crippen LogP contribution in [0.25, 0.3) is 0 Å². The van der Waals surface area contributed by atoms with E-state index in [9.17, 15) is 0 Å². The van der Waals surface area contributed by atoms with Crippen molar-refractivity contribution in [2.24, 2.45) is 4.99 Å². The molecule has 1 saturated heterocycles. The van der Waals surface area contributed by atoms with Crippen LogP contribution >= 0.6 is 21.6 Å². The van der Waals surface area contributed by atoms with Crippen molar-refractivity contribution < 1.29 is 0 Å². The lowest BCUT2D eigenvalue weighted by Gasteiger charge is -2.43. The maximum atomic E-state index is 4.81. The molecule has 17 heavy (non-hydrogen) atoms. The van der Waals surface area contributed by atoms with Crippen molar-refractivity contribution in [2.45, 2.75) is 31.4 Å². The minimum Gasteiger partial charge on any atom is -0.343 e. The summed E-state index contributed by atoms with van der Waals surface area (Å²) in [6.45, 7) is 6.84. The van der Waals surface area contributed by atoms with Gasteiger partial charge in [-0.3, -0.25) is 4.90 Å². The van der Waals surface area contributed by atoms with Crippen LogP contribution in [0.4, 0.5) is 0 Å². The van der Waals surface area contributed by atoms with Crippen LogP contribution in [-0.2, 0) is 0 Å². The van der Waals surface area contributed by atoms with Gasteiger partial charge in [0.05, 0.1) is 0 Å². The van der Waals surface area contributed by atoms with Crippen molar-refractivity contribution in [3.63, 3.8) is 0 Å². The summed E-state index contributed by atoms with van der Waals surface area (Å²) in [5, 5.41) is 1.21. The van der Waals surface area contributed by atoms with Gasteiger partial charge >= 0.3 is 0 Å². The fourth-order valence-electron chi connectivity index (χ4n) is 2.50. The van der Waals surface area contributed by atoms with Gasteiger partial charge in [-0.05, 0) is 56.6 Å². The Morgan fingerprint density at radius 3 is 2.29 bits per heavy atom. The molecule has 0 bridgehead atoms. The number of likely N-dealkylation sites (N-methyl/N-ethyl adjacent to an activating group) is 1. The van der Waals surface area contributed by atoms with Crippen LogP contribution in [-0.4, -0.2) is 71.7 Å². The molecule has 4 nitrogen and oxygen atoms in total. The molecule has 2 rings (SSSR count). The van der Waals surface area contributed by atoms with Crippen molar-refractivity contribution in [3.8, 4) is 0 Å². The summed E-state index contributed by atoms with van der Waals surface area (Å²) in [6.07, 6.45) is 0. The summed E-state index contributed by atoms with van der Waals surface area (Å²) in [5.74, 6) is 0. The Hall–Kier alpha value is 0.0900. The predicted molar refractivity (Wildman–Crippen MR) is 78.4 cm³/mol. The lowest BCUT2D eigenvalue weighted by atomic mass is 10.1. The molecule has 0 aromatic heterocycles. The molecule has 0 saturated carbocycles. The van der Waals surface area contributed by atoms with Gasteiger partial charge in [0.15, 0.2) is 10.7 Å². The second kappa shape index (κ2) is 5.38. The van der Waals surface area contributed by atoms with Crippen molar-refractivity contribution in [1.29, 1.82) is 0 Å². The number of piperazine rings is 1. The third-order valence-corrected chi connectivity index (χ3v) is 5.71. The predicted octanol–water partition coefficient (Wildman–Crippen LogP) is 1.61. The number of nitrogens with zero attached hydrogens (tertiary/aromatic N) is 4. The molecule has 3 unspecified atom stereocenters. The first-order valence-corrected chi connectivity index (χ1v) is 8.24. The van der Waals surface area contributed by atoms with Crippen molar-refractivity contribution >= 4 is 26.8 Å². The fraction of sp³-hybridized carbons (Fsp3) is 0.909.